The van der Waals surface area contributed by atoms with Crippen LogP contribution in [0.2, 0.25) is 5.02 Å². The third-order valence-corrected chi connectivity index (χ3v) is 6.95. The smallest absolute Gasteiger partial charge is 0.326 e. The van der Waals surface area contributed by atoms with Crippen molar-refractivity contribution in [3.05, 3.63) is 125 Å². The van der Waals surface area contributed by atoms with Crippen LogP contribution in [0.1, 0.15) is 21.9 Å². The third-order valence-electron chi connectivity index (χ3n) is 5.45. The standard InChI is InChI=1S/C29H22ClF3N2O2S/c30-22-14-12-19(13-15-22)16-26(36)34-24-10-5-11-25(18-24)38-27(20-6-2-1-3-7-20)28(37)35-23-9-4-8-21(17-23)29(31,32)33/h1-15,17-18,27H,16H2,(H,34,36)(H,35,37). The van der Waals surface area contributed by atoms with Gasteiger partial charge in [-0.15, -0.1) is 11.8 Å². The molecule has 4 rings (SSSR count). The number of carbonyl (C=O) groups excluding carboxylic acids is 2. The first-order valence-corrected chi connectivity index (χ1v) is 12.8. The second kappa shape index (κ2) is 12.2. The second-order valence-corrected chi connectivity index (χ2v) is 9.97. The van der Waals surface area contributed by atoms with Crippen LogP contribution in [0.5, 0.6) is 0 Å². The Morgan fingerprint density at radius 2 is 1.45 bits per heavy atom. The minimum atomic E-state index is -4.52. The largest absolute Gasteiger partial charge is 0.416 e. The van der Waals surface area contributed by atoms with Crippen molar-refractivity contribution in [3.8, 4) is 0 Å². The minimum Gasteiger partial charge on any atom is -0.326 e. The molecule has 0 aliphatic heterocycles. The molecule has 194 valence electrons. The molecule has 4 aromatic carbocycles. The summed E-state index contributed by atoms with van der Waals surface area (Å²) in [4.78, 5) is 26.5. The lowest BCUT2D eigenvalue weighted by Gasteiger charge is -2.18. The molecule has 0 heterocycles. The first-order valence-electron chi connectivity index (χ1n) is 11.5. The summed E-state index contributed by atoms with van der Waals surface area (Å²) in [5.41, 5.74) is 1.25. The molecular weight excluding hydrogens is 533 g/mol. The molecule has 0 aliphatic rings. The Balaban J connectivity index is 1.50. The molecule has 0 saturated heterocycles. The number of rotatable bonds is 8. The van der Waals surface area contributed by atoms with Gasteiger partial charge in [-0.2, -0.15) is 13.2 Å². The van der Waals surface area contributed by atoms with E-state index in [2.05, 4.69) is 10.6 Å². The highest BCUT2D eigenvalue weighted by molar-refractivity contribution is 8.00. The van der Waals surface area contributed by atoms with Gasteiger partial charge in [0.05, 0.1) is 12.0 Å². The lowest BCUT2D eigenvalue weighted by Crippen LogP contribution is -2.19. The van der Waals surface area contributed by atoms with E-state index in [-0.39, 0.29) is 18.0 Å². The predicted molar refractivity (Wildman–Crippen MR) is 145 cm³/mol. The average molecular weight is 555 g/mol. The molecule has 0 aliphatic carbocycles. The van der Waals surface area contributed by atoms with Crippen LogP contribution in [0, 0.1) is 0 Å². The van der Waals surface area contributed by atoms with Gasteiger partial charge in [0.2, 0.25) is 11.8 Å². The van der Waals surface area contributed by atoms with Gasteiger partial charge in [-0.25, -0.2) is 0 Å². The summed E-state index contributed by atoms with van der Waals surface area (Å²) in [5.74, 6) is -0.686. The summed E-state index contributed by atoms with van der Waals surface area (Å²) in [5, 5.41) is 5.30. The summed E-state index contributed by atoms with van der Waals surface area (Å²) in [6.07, 6.45) is -4.35. The Morgan fingerprint density at radius 3 is 2.13 bits per heavy atom. The van der Waals surface area contributed by atoms with Crippen LogP contribution in [-0.2, 0) is 22.2 Å². The fourth-order valence-electron chi connectivity index (χ4n) is 3.66. The number of amides is 2. The maximum absolute atomic E-state index is 13.3. The summed E-state index contributed by atoms with van der Waals surface area (Å²) < 4.78 is 39.4. The van der Waals surface area contributed by atoms with E-state index >= 15 is 0 Å². The van der Waals surface area contributed by atoms with Gasteiger partial charge in [-0.1, -0.05) is 66.2 Å². The van der Waals surface area contributed by atoms with Gasteiger partial charge in [-0.05, 0) is 59.7 Å². The number of hydrogen-bond acceptors (Lipinski definition) is 3. The molecule has 0 aromatic heterocycles. The summed E-state index contributed by atoms with van der Waals surface area (Å²) in [6, 6.07) is 27.5. The van der Waals surface area contributed by atoms with Crippen molar-refractivity contribution in [2.45, 2.75) is 22.7 Å². The van der Waals surface area contributed by atoms with Gasteiger partial charge >= 0.3 is 6.18 Å². The van der Waals surface area contributed by atoms with E-state index in [1.165, 1.54) is 23.9 Å². The average Bonchev–Trinajstić information content (AvgIpc) is 2.89. The van der Waals surface area contributed by atoms with Gasteiger partial charge in [0, 0.05) is 21.3 Å². The molecule has 2 N–H and O–H groups in total. The number of carbonyl (C=O) groups is 2. The maximum atomic E-state index is 13.3. The van der Waals surface area contributed by atoms with Crippen molar-refractivity contribution in [1.82, 2.24) is 0 Å². The molecule has 1 unspecified atom stereocenters. The molecule has 0 fully saturated rings. The zero-order chi connectivity index (χ0) is 27.1. The van der Waals surface area contributed by atoms with Crippen LogP contribution < -0.4 is 10.6 Å². The van der Waals surface area contributed by atoms with Crippen molar-refractivity contribution in [3.63, 3.8) is 0 Å². The maximum Gasteiger partial charge on any atom is 0.416 e. The van der Waals surface area contributed by atoms with E-state index in [0.29, 0.717) is 21.2 Å². The Bertz CT molecular complexity index is 1410. The number of hydrogen-bond donors (Lipinski definition) is 2. The normalized spacial score (nSPS) is 12.0. The molecule has 4 nitrogen and oxygen atoms in total. The fraction of sp³-hybridized carbons (Fsp3) is 0.103. The first kappa shape index (κ1) is 27.3. The topological polar surface area (TPSA) is 58.2 Å². The number of nitrogens with one attached hydrogen (secondary N) is 2. The highest BCUT2D eigenvalue weighted by Crippen LogP contribution is 2.38. The quantitative estimate of drug-likeness (QED) is 0.217. The van der Waals surface area contributed by atoms with Crippen molar-refractivity contribution in [1.29, 1.82) is 0 Å². The van der Waals surface area contributed by atoms with Crippen molar-refractivity contribution in [2.75, 3.05) is 10.6 Å². The zero-order valence-corrected chi connectivity index (χ0v) is 21.4. The van der Waals surface area contributed by atoms with Gasteiger partial charge < -0.3 is 10.6 Å². The van der Waals surface area contributed by atoms with E-state index in [1.807, 2.05) is 6.07 Å². The van der Waals surface area contributed by atoms with E-state index in [9.17, 15) is 22.8 Å². The van der Waals surface area contributed by atoms with E-state index in [1.54, 1.807) is 72.8 Å². The van der Waals surface area contributed by atoms with E-state index in [0.717, 1.165) is 17.7 Å². The third kappa shape index (κ3) is 7.63. The summed E-state index contributed by atoms with van der Waals surface area (Å²) in [6.45, 7) is 0. The fourth-order valence-corrected chi connectivity index (χ4v) is 4.87. The number of alkyl halides is 3. The molecule has 2 amide bonds. The van der Waals surface area contributed by atoms with Crippen molar-refractivity contribution < 1.29 is 22.8 Å². The van der Waals surface area contributed by atoms with Crippen molar-refractivity contribution in [2.24, 2.45) is 0 Å². The Hall–Kier alpha value is -3.75. The Morgan fingerprint density at radius 1 is 0.789 bits per heavy atom. The van der Waals surface area contributed by atoms with E-state index in [4.69, 9.17) is 11.6 Å². The lowest BCUT2D eigenvalue weighted by molar-refractivity contribution is -0.137. The van der Waals surface area contributed by atoms with E-state index < -0.39 is 22.9 Å². The Labute approximate surface area is 227 Å². The van der Waals surface area contributed by atoms with Crippen LogP contribution >= 0.6 is 23.4 Å². The molecule has 1 atom stereocenters. The molecule has 9 heteroatoms. The van der Waals surface area contributed by atoms with Crippen LogP contribution in [0.15, 0.2) is 108 Å². The zero-order valence-electron chi connectivity index (χ0n) is 19.8. The number of anilines is 2. The van der Waals surface area contributed by atoms with Crippen molar-refractivity contribution >= 4 is 46.6 Å². The monoisotopic (exact) mass is 554 g/mol. The first-order chi connectivity index (χ1) is 18.2. The van der Waals surface area contributed by atoms with Crippen LogP contribution in [0.4, 0.5) is 24.5 Å². The molecule has 4 aromatic rings. The summed E-state index contributed by atoms with van der Waals surface area (Å²) >= 11 is 7.12. The van der Waals surface area contributed by atoms with Gasteiger partial charge in [-0.3, -0.25) is 9.59 Å². The predicted octanol–water partition coefficient (Wildman–Crippen LogP) is 8.01. The van der Waals surface area contributed by atoms with Crippen LogP contribution in [0.25, 0.3) is 0 Å². The Kier molecular flexibility index (Phi) is 8.76. The number of thioether (sulfide) groups is 1. The summed E-state index contributed by atoms with van der Waals surface area (Å²) in [7, 11) is 0. The number of halogens is 4. The molecule has 0 radical (unpaired) electrons. The highest BCUT2D eigenvalue weighted by Gasteiger charge is 2.31. The number of benzene rings is 4. The molecule has 0 bridgehead atoms. The van der Waals surface area contributed by atoms with Gasteiger partial charge in [0.15, 0.2) is 0 Å². The van der Waals surface area contributed by atoms with Crippen LogP contribution in [0.3, 0.4) is 0 Å². The second-order valence-electron chi connectivity index (χ2n) is 8.36. The molecular formula is C29H22ClF3N2O2S. The highest BCUT2D eigenvalue weighted by atomic mass is 35.5. The minimum absolute atomic E-state index is 0.0505. The lowest BCUT2D eigenvalue weighted by atomic mass is 10.1. The van der Waals surface area contributed by atoms with Crippen LogP contribution in [-0.4, -0.2) is 11.8 Å². The SMILES string of the molecule is O=C(Cc1ccc(Cl)cc1)Nc1cccc(SC(C(=O)Nc2cccc(C(F)(F)F)c2)c2ccccc2)c1. The molecule has 0 saturated carbocycles. The van der Waals surface area contributed by atoms with Gasteiger partial charge in [0.25, 0.3) is 0 Å². The molecule has 0 spiro atoms. The van der Waals surface area contributed by atoms with Gasteiger partial charge in [0.1, 0.15) is 5.25 Å². The molecule has 38 heavy (non-hydrogen) atoms.